The van der Waals surface area contributed by atoms with Crippen molar-refractivity contribution in [2.45, 2.75) is 6.61 Å². The fraction of sp³-hybridized carbons (Fsp3) is 0.500. The fourth-order valence-corrected chi connectivity index (χ4v) is 2.81. The number of aromatic nitrogens is 3. The Morgan fingerprint density at radius 3 is 2.94 bits per heavy atom. The molecule has 0 atom stereocenters. The first-order valence-corrected chi connectivity index (χ1v) is 7.03. The van der Waals surface area contributed by atoms with E-state index in [9.17, 15) is 0 Å². The van der Waals surface area contributed by atoms with Crippen LogP contribution in [0.4, 0.5) is 5.13 Å². The summed E-state index contributed by atoms with van der Waals surface area (Å²) in [6.45, 7) is 1.89. The summed E-state index contributed by atoms with van der Waals surface area (Å²) in [5.74, 6) is 0. The molecule has 98 valence electrons. The van der Waals surface area contributed by atoms with Crippen molar-refractivity contribution >= 4 is 27.8 Å². The van der Waals surface area contributed by atoms with Crippen LogP contribution in [0.15, 0.2) is 5.38 Å². The minimum Gasteiger partial charge on any atom is -0.383 e. The number of hydrogen-bond donors (Lipinski definition) is 1. The van der Waals surface area contributed by atoms with Gasteiger partial charge in [0.25, 0.3) is 0 Å². The number of anilines is 1. The van der Waals surface area contributed by atoms with E-state index in [0.29, 0.717) is 13.2 Å². The molecule has 0 amide bonds. The second-order valence-corrected chi connectivity index (χ2v) is 5.31. The zero-order valence-electron chi connectivity index (χ0n) is 10.2. The van der Waals surface area contributed by atoms with Gasteiger partial charge in [0.2, 0.25) is 5.13 Å². The summed E-state index contributed by atoms with van der Waals surface area (Å²) in [6.07, 6.45) is 0. The molecule has 0 aliphatic carbocycles. The van der Waals surface area contributed by atoms with Gasteiger partial charge in [-0.2, -0.15) is 0 Å². The molecular weight excluding hydrogens is 272 g/mol. The third-order valence-corrected chi connectivity index (χ3v) is 3.77. The van der Waals surface area contributed by atoms with Crippen molar-refractivity contribution in [1.82, 2.24) is 15.2 Å². The van der Waals surface area contributed by atoms with Gasteiger partial charge in [-0.1, -0.05) is 11.3 Å². The van der Waals surface area contributed by atoms with Crippen molar-refractivity contribution in [1.29, 1.82) is 0 Å². The Morgan fingerprint density at radius 1 is 1.28 bits per heavy atom. The molecule has 6 nitrogen and oxygen atoms in total. The molecule has 0 aliphatic rings. The normalized spacial score (nSPS) is 10.8. The molecule has 0 unspecified atom stereocenters. The molecule has 0 radical (unpaired) electrons. The van der Waals surface area contributed by atoms with Crippen LogP contribution in [0.25, 0.3) is 10.7 Å². The Morgan fingerprint density at radius 2 is 2.17 bits per heavy atom. The highest BCUT2D eigenvalue weighted by Gasteiger charge is 2.10. The lowest BCUT2D eigenvalue weighted by Gasteiger charge is -1.98. The first kappa shape index (κ1) is 13.3. The topological polar surface area (TPSA) is 69.2 Å². The van der Waals surface area contributed by atoms with Gasteiger partial charge in [0, 0.05) is 26.1 Å². The molecule has 0 aliphatic heterocycles. The van der Waals surface area contributed by atoms with E-state index >= 15 is 0 Å². The van der Waals surface area contributed by atoms with Gasteiger partial charge in [-0.3, -0.25) is 0 Å². The first-order valence-electron chi connectivity index (χ1n) is 5.33. The Bertz CT molecular complexity index is 486. The van der Waals surface area contributed by atoms with Crippen LogP contribution in [-0.2, 0) is 16.1 Å². The molecule has 0 aromatic carbocycles. The van der Waals surface area contributed by atoms with Gasteiger partial charge in [-0.05, 0) is 0 Å². The highest BCUT2D eigenvalue weighted by Crippen LogP contribution is 2.27. The van der Waals surface area contributed by atoms with E-state index in [2.05, 4.69) is 20.5 Å². The average Bonchev–Trinajstić information content (AvgIpc) is 2.98. The van der Waals surface area contributed by atoms with E-state index in [1.165, 1.54) is 11.3 Å². The third kappa shape index (κ3) is 3.45. The van der Waals surface area contributed by atoms with Gasteiger partial charge in [0.15, 0.2) is 5.01 Å². The maximum absolute atomic E-state index is 5.04. The zero-order valence-corrected chi connectivity index (χ0v) is 11.8. The molecule has 2 rings (SSSR count). The lowest BCUT2D eigenvalue weighted by Crippen LogP contribution is -2.06. The number of ether oxygens (including phenoxy) is 2. The summed E-state index contributed by atoms with van der Waals surface area (Å²) < 4.78 is 9.99. The lowest BCUT2D eigenvalue weighted by atomic mass is 10.5. The van der Waals surface area contributed by atoms with Gasteiger partial charge in [0.05, 0.1) is 13.2 Å². The van der Waals surface area contributed by atoms with Crippen molar-refractivity contribution in [2.24, 2.45) is 0 Å². The number of methoxy groups -OCH3 is 2. The molecule has 0 spiro atoms. The van der Waals surface area contributed by atoms with Crippen LogP contribution >= 0.6 is 22.7 Å². The second kappa shape index (κ2) is 6.74. The van der Waals surface area contributed by atoms with E-state index in [4.69, 9.17) is 9.47 Å². The Hall–Kier alpha value is -1.09. The van der Waals surface area contributed by atoms with Crippen LogP contribution < -0.4 is 5.32 Å². The van der Waals surface area contributed by atoms with Crippen LogP contribution in [0.5, 0.6) is 0 Å². The summed E-state index contributed by atoms with van der Waals surface area (Å²) >= 11 is 3.04. The molecule has 0 saturated carbocycles. The highest BCUT2D eigenvalue weighted by molar-refractivity contribution is 7.18. The molecule has 2 aromatic rings. The quantitative estimate of drug-likeness (QED) is 0.784. The molecule has 0 bridgehead atoms. The minimum absolute atomic E-state index is 0.530. The van der Waals surface area contributed by atoms with E-state index in [0.717, 1.165) is 27.4 Å². The van der Waals surface area contributed by atoms with Gasteiger partial charge in [-0.15, -0.1) is 21.5 Å². The zero-order chi connectivity index (χ0) is 12.8. The van der Waals surface area contributed by atoms with Crippen molar-refractivity contribution in [3.8, 4) is 10.7 Å². The van der Waals surface area contributed by atoms with Crippen molar-refractivity contribution in [3.05, 3.63) is 10.4 Å². The maximum Gasteiger partial charge on any atom is 0.206 e. The van der Waals surface area contributed by atoms with Gasteiger partial charge >= 0.3 is 0 Å². The summed E-state index contributed by atoms with van der Waals surface area (Å²) in [4.78, 5) is 4.43. The Kier molecular flexibility index (Phi) is 5.00. The van der Waals surface area contributed by atoms with Gasteiger partial charge in [-0.25, -0.2) is 4.98 Å². The van der Waals surface area contributed by atoms with Crippen LogP contribution in [0.2, 0.25) is 0 Å². The van der Waals surface area contributed by atoms with Crippen LogP contribution in [-0.4, -0.2) is 42.6 Å². The third-order valence-electron chi connectivity index (χ3n) is 2.05. The number of thiazole rings is 1. The number of rotatable bonds is 7. The number of nitrogens with one attached hydrogen (secondary N) is 1. The molecule has 18 heavy (non-hydrogen) atoms. The predicted molar refractivity (Wildman–Crippen MR) is 72.1 cm³/mol. The van der Waals surface area contributed by atoms with E-state index in [1.807, 2.05) is 5.38 Å². The first-order chi connectivity index (χ1) is 8.83. The lowest BCUT2D eigenvalue weighted by molar-refractivity contribution is 0.184. The molecule has 0 fully saturated rings. The van der Waals surface area contributed by atoms with E-state index in [1.54, 1.807) is 25.6 Å². The summed E-state index contributed by atoms with van der Waals surface area (Å²) in [7, 11) is 3.32. The van der Waals surface area contributed by atoms with Crippen molar-refractivity contribution < 1.29 is 9.47 Å². The fourth-order valence-electron chi connectivity index (χ4n) is 1.26. The van der Waals surface area contributed by atoms with Gasteiger partial charge in [0.1, 0.15) is 10.7 Å². The summed E-state index contributed by atoms with van der Waals surface area (Å²) in [5.41, 5.74) is 0.851. The summed E-state index contributed by atoms with van der Waals surface area (Å²) in [5, 5.41) is 15.8. The van der Waals surface area contributed by atoms with E-state index < -0.39 is 0 Å². The monoisotopic (exact) mass is 286 g/mol. The SMILES string of the molecule is COCCNc1nnc(-c2csc(COC)n2)s1. The molecule has 0 saturated heterocycles. The molecule has 2 aromatic heterocycles. The summed E-state index contributed by atoms with van der Waals surface area (Å²) in [6, 6.07) is 0. The van der Waals surface area contributed by atoms with Gasteiger partial charge < -0.3 is 14.8 Å². The highest BCUT2D eigenvalue weighted by atomic mass is 32.1. The van der Waals surface area contributed by atoms with Crippen molar-refractivity contribution in [3.63, 3.8) is 0 Å². The van der Waals surface area contributed by atoms with Crippen LogP contribution in [0, 0.1) is 0 Å². The largest absolute Gasteiger partial charge is 0.383 e. The molecule has 2 heterocycles. The number of nitrogens with zero attached hydrogens (tertiary/aromatic N) is 3. The maximum atomic E-state index is 5.04. The molecule has 8 heteroatoms. The average molecular weight is 286 g/mol. The minimum atomic E-state index is 0.530. The smallest absolute Gasteiger partial charge is 0.206 e. The standard InChI is InChI=1S/C10H14N4O2S2/c1-15-4-3-11-10-14-13-9(18-10)7-6-17-8(12-7)5-16-2/h6H,3-5H2,1-2H3,(H,11,14). The molecule has 1 N–H and O–H groups in total. The van der Waals surface area contributed by atoms with E-state index in [-0.39, 0.29) is 0 Å². The van der Waals surface area contributed by atoms with Crippen LogP contribution in [0.3, 0.4) is 0 Å². The number of hydrogen-bond acceptors (Lipinski definition) is 8. The molecular formula is C10H14N4O2S2. The van der Waals surface area contributed by atoms with Crippen molar-refractivity contribution in [2.75, 3.05) is 32.7 Å². The predicted octanol–water partition coefficient (Wildman–Crippen LogP) is 1.87. The van der Waals surface area contributed by atoms with Crippen LogP contribution in [0.1, 0.15) is 5.01 Å². The second-order valence-electron chi connectivity index (χ2n) is 3.39. The Balaban J connectivity index is 1.99. The Labute approximate surface area is 113 Å².